The predicted molar refractivity (Wildman–Crippen MR) is 87.6 cm³/mol. The Morgan fingerprint density at radius 1 is 1.09 bits per heavy atom. The molecule has 0 unspecified atom stereocenters. The van der Waals surface area contributed by atoms with E-state index in [1.165, 1.54) is 11.1 Å². The Labute approximate surface area is 130 Å². The second-order valence-electron chi connectivity index (χ2n) is 5.35. The van der Waals surface area contributed by atoms with Crippen molar-refractivity contribution in [2.45, 2.75) is 13.0 Å². The molecule has 3 rings (SSSR count). The van der Waals surface area contributed by atoms with E-state index in [9.17, 15) is 4.79 Å². The first-order valence-electron chi connectivity index (χ1n) is 7.45. The Morgan fingerprint density at radius 3 is 2.64 bits per heavy atom. The first kappa shape index (κ1) is 14.4. The van der Waals surface area contributed by atoms with Crippen molar-refractivity contribution in [2.24, 2.45) is 0 Å². The van der Waals surface area contributed by atoms with Crippen LogP contribution in [0.25, 0.3) is 6.08 Å². The van der Waals surface area contributed by atoms with Crippen LogP contribution in [0.15, 0.2) is 54.6 Å². The van der Waals surface area contributed by atoms with Crippen molar-refractivity contribution >= 4 is 12.0 Å². The van der Waals surface area contributed by atoms with Crippen LogP contribution >= 0.6 is 0 Å². The summed E-state index contributed by atoms with van der Waals surface area (Å²) in [4.78, 5) is 14.3. The summed E-state index contributed by atoms with van der Waals surface area (Å²) in [5.41, 5.74) is 3.50. The Bertz CT molecular complexity index is 706. The highest BCUT2D eigenvalue weighted by molar-refractivity contribution is 5.92. The summed E-state index contributed by atoms with van der Waals surface area (Å²) >= 11 is 0. The van der Waals surface area contributed by atoms with Gasteiger partial charge in [-0.05, 0) is 29.7 Å². The van der Waals surface area contributed by atoms with Crippen LogP contribution in [0.2, 0.25) is 0 Å². The predicted octanol–water partition coefficient (Wildman–Crippen LogP) is 3.29. The number of para-hydroxylation sites is 1. The van der Waals surface area contributed by atoms with Gasteiger partial charge in [0.05, 0.1) is 7.11 Å². The van der Waals surface area contributed by atoms with Gasteiger partial charge in [0.1, 0.15) is 5.75 Å². The average Bonchev–Trinajstić information content (AvgIpc) is 2.59. The second-order valence-corrected chi connectivity index (χ2v) is 5.35. The SMILES string of the molecule is COc1ccccc1/C=C/C(=O)N1CCc2ccccc2C1. The molecular weight excluding hydrogens is 274 g/mol. The Hall–Kier alpha value is -2.55. The minimum absolute atomic E-state index is 0.0420. The second kappa shape index (κ2) is 6.48. The number of benzene rings is 2. The summed E-state index contributed by atoms with van der Waals surface area (Å²) in [5.74, 6) is 0.816. The van der Waals surface area contributed by atoms with Crippen LogP contribution in [0.4, 0.5) is 0 Å². The highest BCUT2D eigenvalue weighted by atomic mass is 16.5. The van der Waals surface area contributed by atoms with E-state index in [0.717, 1.165) is 24.3 Å². The summed E-state index contributed by atoms with van der Waals surface area (Å²) < 4.78 is 5.29. The van der Waals surface area contributed by atoms with Gasteiger partial charge in [-0.2, -0.15) is 0 Å². The molecule has 0 aliphatic carbocycles. The largest absolute Gasteiger partial charge is 0.496 e. The summed E-state index contributed by atoms with van der Waals surface area (Å²) in [6.45, 7) is 1.46. The summed E-state index contributed by atoms with van der Waals surface area (Å²) in [6.07, 6.45) is 4.37. The lowest BCUT2D eigenvalue weighted by Gasteiger charge is -2.27. The number of hydrogen-bond donors (Lipinski definition) is 0. The van der Waals surface area contributed by atoms with E-state index in [0.29, 0.717) is 6.54 Å². The standard InChI is InChI=1S/C19H19NO2/c1-22-18-9-5-4-7-16(18)10-11-19(21)20-13-12-15-6-2-3-8-17(15)14-20/h2-11H,12-14H2,1H3/b11-10+. The Morgan fingerprint density at radius 2 is 1.82 bits per heavy atom. The molecule has 1 aliphatic rings. The van der Waals surface area contributed by atoms with Gasteiger partial charge in [-0.15, -0.1) is 0 Å². The van der Waals surface area contributed by atoms with E-state index in [4.69, 9.17) is 4.74 Å². The molecule has 3 nitrogen and oxygen atoms in total. The molecule has 0 aromatic heterocycles. The molecule has 0 spiro atoms. The molecule has 0 bridgehead atoms. The fourth-order valence-corrected chi connectivity index (χ4v) is 2.75. The van der Waals surface area contributed by atoms with Gasteiger partial charge in [0.2, 0.25) is 5.91 Å². The van der Waals surface area contributed by atoms with Crippen LogP contribution in [-0.4, -0.2) is 24.5 Å². The van der Waals surface area contributed by atoms with Crippen molar-refractivity contribution in [1.29, 1.82) is 0 Å². The van der Waals surface area contributed by atoms with Gasteiger partial charge in [-0.25, -0.2) is 0 Å². The maximum absolute atomic E-state index is 12.4. The van der Waals surface area contributed by atoms with Crippen molar-refractivity contribution in [3.8, 4) is 5.75 Å². The van der Waals surface area contributed by atoms with E-state index < -0.39 is 0 Å². The fourth-order valence-electron chi connectivity index (χ4n) is 2.75. The Kier molecular flexibility index (Phi) is 4.24. The van der Waals surface area contributed by atoms with Crippen LogP contribution in [0.5, 0.6) is 5.75 Å². The zero-order valence-corrected chi connectivity index (χ0v) is 12.7. The number of carbonyl (C=O) groups is 1. The van der Waals surface area contributed by atoms with Gasteiger partial charge in [0.25, 0.3) is 0 Å². The number of rotatable bonds is 3. The van der Waals surface area contributed by atoms with Crippen molar-refractivity contribution in [1.82, 2.24) is 4.90 Å². The van der Waals surface area contributed by atoms with Crippen LogP contribution in [-0.2, 0) is 17.8 Å². The molecule has 112 valence electrons. The van der Waals surface area contributed by atoms with E-state index in [2.05, 4.69) is 18.2 Å². The zero-order valence-electron chi connectivity index (χ0n) is 12.7. The van der Waals surface area contributed by atoms with Gasteiger partial charge in [0, 0.05) is 24.7 Å². The average molecular weight is 293 g/mol. The van der Waals surface area contributed by atoms with E-state index in [-0.39, 0.29) is 5.91 Å². The third-order valence-electron chi connectivity index (χ3n) is 3.99. The van der Waals surface area contributed by atoms with Crippen LogP contribution in [0.1, 0.15) is 16.7 Å². The number of hydrogen-bond acceptors (Lipinski definition) is 2. The zero-order chi connectivity index (χ0) is 15.4. The highest BCUT2D eigenvalue weighted by Crippen LogP contribution is 2.21. The topological polar surface area (TPSA) is 29.5 Å². The Balaban J connectivity index is 1.72. The maximum Gasteiger partial charge on any atom is 0.246 e. The molecule has 0 saturated carbocycles. The maximum atomic E-state index is 12.4. The first-order chi connectivity index (χ1) is 10.8. The molecule has 3 heteroatoms. The van der Waals surface area contributed by atoms with Crippen molar-refractivity contribution in [3.05, 3.63) is 71.3 Å². The van der Waals surface area contributed by atoms with Crippen LogP contribution in [0, 0.1) is 0 Å². The molecule has 1 heterocycles. The molecule has 1 aliphatic heterocycles. The molecule has 0 radical (unpaired) electrons. The molecule has 2 aromatic rings. The van der Waals surface area contributed by atoms with Gasteiger partial charge in [0.15, 0.2) is 0 Å². The smallest absolute Gasteiger partial charge is 0.246 e. The third-order valence-corrected chi connectivity index (χ3v) is 3.99. The molecule has 0 saturated heterocycles. The number of fused-ring (bicyclic) bond motifs is 1. The quantitative estimate of drug-likeness (QED) is 0.813. The lowest BCUT2D eigenvalue weighted by molar-refractivity contribution is -0.126. The lowest BCUT2D eigenvalue weighted by atomic mass is 10.00. The van der Waals surface area contributed by atoms with E-state index in [1.54, 1.807) is 13.2 Å². The number of carbonyl (C=O) groups excluding carboxylic acids is 1. The first-order valence-corrected chi connectivity index (χ1v) is 7.45. The number of nitrogens with zero attached hydrogens (tertiary/aromatic N) is 1. The van der Waals surface area contributed by atoms with Crippen LogP contribution in [0.3, 0.4) is 0 Å². The summed E-state index contributed by atoms with van der Waals surface area (Å²) in [7, 11) is 1.63. The molecule has 1 amide bonds. The number of methoxy groups -OCH3 is 1. The molecule has 0 N–H and O–H groups in total. The lowest BCUT2D eigenvalue weighted by Crippen LogP contribution is -2.34. The summed E-state index contributed by atoms with van der Waals surface area (Å²) in [6, 6.07) is 16.0. The minimum atomic E-state index is 0.0420. The van der Waals surface area contributed by atoms with Gasteiger partial charge in [-0.3, -0.25) is 4.79 Å². The van der Waals surface area contributed by atoms with E-state index >= 15 is 0 Å². The fraction of sp³-hybridized carbons (Fsp3) is 0.211. The molecule has 0 fully saturated rings. The molecular formula is C19H19NO2. The molecule has 22 heavy (non-hydrogen) atoms. The van der Waals surface area contributed by atoms with E-state index in [1.807, 2.05) is 41.3 Å². The van der Waals surface area contributed by atoms with Crippen LogP contribution < -0.4 is 4.74 Å². The van der Waals surface area contributed by atoms with Gasteiger partial charge in [-0.1, -0.05) is 42.5 Å². The number of ether oxygens (including phenoxy) is 1. The summed E-state index contributed by atoms with van der Waals surface area (Å²) in [5, 5.41) is 0. The minimum Gasteiger partial charge on any atom is -0.496 e. The van der Waals surface area contributed by atoms with Crippen molar-refractivity contribution in [3.63, 3.8) is 0 Å². The van der Waals surface area contributed by atoms with Crippen molar-refractivity contribution in [2.75, 3.05) is 13.7 Å². The van der Waals surface area contributed by atoms with Gasteiger partial charge >= 0.3 is 0 Å². The normalized spacial score (nSPS) is 14.0. The molecule has 0 atom stereocenters. The molecule has 2 aromatic carbocycles. The third kappa shape index (κ3) is 3.03. The van der Waals surface area contributed by atoms with Crippen molar-refractivity contribution < 1.29 is 9.53 Å². The monoisotopic (exact) mass is 293 g/mol. The highest BCUT2D eigenvalue weighted by Gasteiger charge is 2.18. The number of amides is 1. The van der Waals surface area contributed by atoms with Gasteiger partial charge < -0.3 is 9.64 Å².